The van der Waals surface area contributed by atoms with Crippen LogP contribution in [0.25, 0.3) is 5.69 Å². The van der Waals surface area contributed by atoms with Crippen LogP contribution in [0.15, 0.2) is 42.9 Å². The third-order valence-corrected chi connectivity index (χ3v) is 4.58. The Labute approximate surface area is 162 Å². The summed E-state index contributed by atoms with van der Waals surface area (Å²) in [4.78, 5) is 14.7. The minimum Gasteiger partial charge on any atom is -0.318 e. The number of aromatic nitrogens is 5. The average Bonchev–Trinajstić information content (AvgIpc) is 3.33. The number of anilines is 1. The summed E-state index contributed by atoms with van der Waals surface area (Å²) in [7, 11) is 0. The Hall–Kier alpha value is -2.71. The maximum absolute atomic E-state index is 12.4. The average molecular weight is 388 g/mol. The number of para-hydroxylation sites is 1. The summed E-state index contributed by atoms with van der Waals surface area (Å²) >= 11 is 6.15. The molecule has 0 aliphatic carbocycles. The number of rotatable bonds is 8. The number of benzene rings is 1. The number of likely N-dealkylation sites (N-methyl/N-ethyl adjacent to an activating group) is 1. The second-order valence-corrected chi connectivity index (χ2v) is 6.38. The quantitative estimate of drug-likeness (QED) is 0.642. The van der Waals surface area contributed by atoms with Crippen molar-refractivity contribution in [3.63, 3.8) is 0 Å². The first-order valence-electron chi connectivity index (χ1n) is 8.84. The molecule has 0 aliphatic rings. The number of nitrogens with one attached hydrogen (secondary N) is 1. The molecule has 1 aromatic carbocycles. The van der Waals surface area contributed by atoms with E-state index in [-0.39, 0.29) is 11.6 Å². The van der Waals surface area contributed by atoms with Crippen molar-refractivity contribution in [1.29, 1.82) is 0 Å². The molecule has 1 N–H and O–H groups in total. The molecule has 8 nitrogen and oxygen atoms in total. The summed E-state index contributed by atoms with van der Waals surface area (Å²) in [6.45, 7) is 7.95. The van der Waals surface area contributed by atoms with Gasteiger partial charge in [-0.1, -0.05) is 42.8 Å². The first kappa shape index (κ1) is 19.1. The molecular formula is C18H22ClN7O. The van der Waals surface area contributed by atoms with Crippen LogP contribution in [-0.4, -0.2) is 55.2 Å². The van der Waals surface area contributed by atoms with Crippen LogP contribution in [0, 0.1) is 0 Å². The number of carbonyl (C=O) groups is 1. The van der Waals surface area contributed by atoms with E-state index in [0.29, 0.717) is 16.4 Å². The number of halogens is 1. The van der Waals surface area contributed by atoms with Gasteiger partial charge in [-0.05, 0) is 25.2 Å². The molecule has 0 unspecified atom stereocenters. The lowest BCUT2D eigenvalue weighted by Gasteiger charge is -2.17. The Morgan fingerprint density at radius 1 is 1.22 bits per heavy atom. The van der Waals surface area contributed by atoms with Gasteiger partial charge in [0.2, 0.25) is 0 Å². The van der Waals surface area contributed by atoms with Gasteiger partial charge in [0.15, 0.2) is 5.69 Å². The van der Waals surface area contributed by atoms with E-state index < -0.39 is 0 Å². The molecule has 2 aromatic heterocycles. The molecule has 3 rings (SSSR count). The van der Waals surface area contributed by atoms with Crippen LogP contribution in [0.5, 0.6) is 0 Å². The van der Waals surface area contributed by atoms with Crippen molar-refractivity contribution in [1.82, 2.24) is 29.7 Å². The fourth-order valence-corrected chi connectivity index (χ4v) is 2.87. The van der Waals surface area contributed by atoms with Crippen LogP contribution < -0.4 is 5.32 Å². The van der Waals surface area contributed by atoms with E-state index in [0.717, 1.165) is 26.2 Å². The minimum atomic E-state index is -0.350. The minimum absolute atomic E-state index is 0.200. The van der Waals surface area contributed by atoms with Crippen molar-refractivity contribution >= 4 is 23.2 Å². The van der Waals surface area contributed by atoms with E-state index in [1.807, 2.05) is 16.8 Å². The molecule has 0 bridgehead atoms. The Kier molecular flexibility index (Phi) is 6.20. The van der Waals surface area contributed by atoms with Gasteiger partial charge in [-0.3, -0.25) is 9.48 Å². The van der Waals surface area contributed by atoms with Gasteiger partial charge in [0.05, 0.1) is 35.3 Å². The highest BCUT2D eigenvalue weighted by Crippen LogP contribution is 2.19. The van der Waals surface area contributed by atoms with Gasteiger partial charge >= 0.3 is 0 Å². The first-order valence-corrected chi connectivity index (χ1v) is 9.22. The van der Waals surface area contributed by atoms with Crippen molar-refractivity contribution in [2.24, 2.45) is 0 Å². The molecule has 0 aliphatic heterocycles. The van der Waals surface area contributed by atoms with Gasteiger partial charge in [-0.25, -0.2) is 4.68 Å². The smallest absolute Gasteiger partial charge is 0.277 e. The van der Waals surface area contributed by atoms with Crippen molar-refractivity contribution in [2.75, 3.05) is 25.0 Å². The summed E-state index contributed by atoms with van der Waals surface area (Å²) in [5.74, 6) is -0.350. The number of hydrogen-bond acceptors (Lipinski definition) is 5. The van der Waals surface area contributed by atoms with Crippen molar-refractivity contribution in [3.8, 4) is 5.69 Å². The molecule has 0 spiro atoms. The van der Waals surface area contributed by atoms with E-state index in [1.165, 1.54) is 4.68 Å². The molecule has 0 saturated carbocycles. The van der Waals surface area contributed by atoms with Crippen LogP contribution in [0.3, 0.4) is 0 Å². The highest BCUT2D eigenvalue weighted by molar-refractivity contribution is 6.32. The van der Waals surface area contributed by atoms with Crippen LogP contribution in [0.1, 0.15) is 24.3 Å². The van der Waals surface area contributed by atoms with Gasteiger partial charge in [0.25, 0.3) is 5.91 Å². The molecule has 0 atom stereocenters. The molecule has 0 saturated heterocycles. The Morgan fingerprint density at radius 2 is 2.00 bits per heavy atom. The molecule has 9 heteroatoms. The molecule has 1 amide bonds. The fourth-order valence-electron chi connectivity index (χ4n) is 2.65. The van der Waals surface area contributed by atoms with Crippen molar-refractivity contribution in [2.45, 2.75) is 20.4 Å². The zero-order valence-corrected chi connectivity index (χ0v) is 16.1. The van der Waals surface area contributed by atoms with Crippen LogP contribution in [0.2, 0.25) is 5.02 Å². The van der Waals surface area contributed by atoms with Gasteiger partial charge in [0.1, 0.15) is 0 Å². The van der Waals surface area contributed by atoms with Crippen LogP contribution in [0.4, 0.5) is 5.69 Å². The Balaban J connectivity index is 1.62. The summed E-state index contributed by atoms with van der Waals surface area (Å²) in [6, 6.07) is 7.23. The highest BCUT2D eigenvalue weighted by atomic mass is 35.5. The zero-order chi connectivity index (χ0) is 19.2. The number of carbonyl (C=O) groups excluding carboxylic acids is 1. The van der Waals surface area contributed by atoms with Crippen LogP contribution in [-0.2, 0) is 6.54 Å². The normalized spacial score (nSPS) is 11.1. The fraction of sp³-hybridized carbons (Fsp3) is 0.333. The Bertz CT molecular complexity index is 901. The lowest BCUT2D eigenvalue weighted by molar-refractivity contribution is 0.102. The van der Waals surface area contributed by atoms with Gasteiger partial charge in [-0.15, -0.1) is 5.10 Å². The van der Waals surface area contributed by atoms with Crippen molar-refractivity contribution < 1.29 is 4.79 Å². The molecular weight excluding hydrogens is 366 g/mol. The number of hydrogen-bond donors (Lipinski definition) is 1. The first-order chi connectivity index (χ1) is 13.1. The molecule has 3 aromatic rings. The lowest BCUT2D eigenvalue weighted by atomic mass is 10.3. The molecule has 27 heavy (non-hydrogen) atoms. The monoisotopic (exact) mass is 387 g/mol. The zero-order valence-electron chi connectivity index (χ0n) is 15.3. The standard InChI is InChI=1S/C18H22ClN7O/c1-3-24(4-2)9-10-25-12-14(11-20-25)21-18(27)16-13-26(23-22-16)17-8-6-5-7-15(17)19/h5-8,11-13H,3-4,9-10H2,1-2H3,(H,21,27). The van der Waals surface area contributed by atoms with E-state index in [1.54, 1.807) is 30.7 Å². The highest BCUT2D eigenvalue weighted by Gasteiger charge is 2.14. The van der Waals surface area contributed by atoms with Crippen LogP contribution >= 0.6 is 11.6 Å². The van der Waals surface area contributed by atoms with E-state index in [9.17, 15) is 4.79 Å². The molecule has 0 radical (unpaired) electrons. The summed E-state index contributed by atoms with van der Waals surface area (Å²) in [5, 5.41) is 15.5. The maximum Gasteiger partial charge on any atom is 0.277 e. The maximum atomic E-state index is 12.4. The van der Waals surface area contributed by atoms with Gasteiger partial charge < -0.3 is 10.2 Å². The second-order valence-electron chi connectivity index (χ2n) is 5.97. The SMILES string of the molecule is CCN(CC)CCn1cc(NC(=O)c2cn(-c3ccccc3Cl)nn2)cn1. The largest absolute Gasteiger partial charge is 0.318 e. The second kappa shape index (κ2) is 8.79. The predicted octanol–water partition coefficient (Wildman–Crippen LogP) is 2.71. The lowest BCUT2D eigenvalue weighted by Crippen LogP contribution is -2.27. The topological polar surface area (TPSA) is 80.9 Å². The summed E-state index contributed by atoms with van der Waals surface area (Å²) in [5.41, 5.74) is 1.48. The van der Waals surface area contributed by atoms with Gasteiger partial charge in [-0.2, -0.15) is 5.10 Å². The Morgan fingerprint density at radius 3 is 2.74 bits per heavy atom. The molecule has 0 fully saturated rings. The predicted molar refractivity (Wildman–Crippen MR) is 104 cm³/mol. The van der Waals surface area contributed by atoms with E-state index in [4.69, 9.17) is 11.6 Å². The number of nitrogens with zero attached hydrogens (tertiary/aromatic N) is 6. The van der Waals surface area contributed by atoms with E-state index >= 15 is 0 Å². The summed E-state index contributed by atoms with van der Waals surface area (Å²) < 4.78 is 3.29. The molecule has 142 valence electrons. The number of amides is 1. The third-order valence-electron chi connectivity index (χ3n) is 4.26. The van der Waals surface area contributed by atoms with Gasteiger partial charge in [0, 0.05) is 12.7 Å². The summed E-state index contributed by atoms with van der Waals surface area (Å²) in [6.07, 6.45) is 4.97. The molecule has 2 heterocycles. The third kappa shape index (κ3) is 4.72. The van der Waals surface area contributed by atoms with E-state index in [2.05, 4.69) is 39.5 Å². The van der Waals surface area contributed by atoms with Crippen molar-refractivity contribution in [3.05, 3.63) is 53.6 Å².